The first-order valence-corrected chi connectivity index (χ1v) is 7.13. The molecule has 0 radical (unpaired) electrons. The Morgan fingerprint density at radius 1 is 1.50 bits per heavy atom. The van der Waals surface area contributed by atoms with E-state index in [-0.39, 0.29) is 0 Å². The highest BCUT2D eigenvalue weighted by atomic mass is 79.9. The molecule has 84 valence electrons. The van der Waals surface area contributed by atoms with Gasteiger partial charge in [0, 0.05) is 21.5 Å². The number of aromatic nitrogens is 2. The number of rotatable bonds is 3. The molecule has 0 saturated carbocycles. The van der Waals surface area contributed by atoms with Crippen molar-refractivity contribution in [1.82, 2.24) is 9.36 Å². The van der Waals surface area contributed by atoms with Crippen LogP contribution in [0.15, 0.2) is 31.9 Å². The summed E-state index contributed by atoms with van der Waals surface area (Å²) in [5.41, 5.74) is 6.66. The summed E-state index contributed by atoms with van der Waals surface area (Å²) in [5, 5.41) is 0. The summed E-state index contributed by atoms with van der Waals surface area (Å²) >= 11 is 6.40. The van der Waals surface area contributed by atoms with Crippen LogP contribution < -0.4 is 5.73 Å². The van der Waals surface area contributed by atoms with E-state index >= 15 is 0 Å². The van der Waals surface area contributed by atoms with Crippen LogP contribution >= 0.6 is 39.2 Å². The maximum Gasteiger partial charge on any atom is 0.174 e. The third kappa shape index (κ3) is 2.75. The Hall–Kier alpha value is -0.590. The molecule has 0 unspecified atom stereocenters. The molecule has 0 spiro atoms. The average Bonchev–Trinajstić information content (AvgIpc) is 2.71. The molecule has 0 aliphatic heterocycles. The normalized spacial score (nSPS) is 10.6. The number of benzene rings is 1. The van der Waals surface area contributed by atoms with Crippen LogP contribution in [0, 0.1) is 0 Å². The predicted octanol–water partition coefficient (Wildman–Crippen LogP) is 3.60. The van der Waals surface area contributed by atoms with E-state index in [4.69, 9.17) is 5.73 Å². The first kappa shape index (κ1) is 11.9. The van der Waals surface area contributed by atoms with E-state index in [1.807, 2.05) is 25.1 Å². The van der Waals surface area contributed by atoms with Crippen LogP contribution in [0.3, 0.4) is 0 Å². The van der Waals surface area contributed by atoms with Crippen LogP contribution in [0.5, 0.6) is 0 Å². The van der Waals surface area contributed by atoms with Crippen LogP contribution in [-0.2, 0) is 6.42 Å². The van der Waals surface area contributed by atoms with Crippen molar-refractivity contribution in [2.75, 3.05) is 5.73 Å². The van der Waals surface area contributed by atoms with Crippen LogP contribution in [0.1, 0.15) is 12.7 Å². The van der Waals surface area contributed by atoms with E-state index in [2.05, 4.69) is 25.3 Å². The lowest BCUT2D eigenvalue weighted by Gasteiger charge is -2.02. The maximum absolute atomic E-state index is 5.89. The molecule has 1 aromatic heterocycles. The minimum atomic E-state index is 0.765. The van der Waals surface area contributed by atoms with Gasteiger partial charge in [0.2, 0.25) is 0 Å². The van der Waals surface area contributed by atoms with Crippen molar-refractivity contribution in [1.29, 1.82) is 0 Å². The fourth-order valence-electron chi connectivity index (χ4n) is 1.11. The second-order valence-electron chi connectivity index (χ2n) is 3.11. The van der Waals surface area contributed by atoms with Crippen LogP contribution in [-0.4, -0.2) is 9.36 Å². The van der Waals surface area contributed by atoms with Crippen LogP contribution in [0.4, 0.5) is 5.69 Å². The van der Waals surface area contributed by atoms with Gasteiger partial charge in [-0.25, -0.2) is 4.98 Å². The Bertz CT molecular complexity index is 499. The number of aryl methyl sites for hydroxylation is 1. The van der Waals surface area contributed by atoms with Crippen LogP contribution in [0.25, 0.3) is 0 Å². The molecule has 6 heteroatoms. The molecule has 0 saturated heterocycles. The zero-order chi connectivity index (χ0) is 11.5. The SMILES string of the molecule is CCc1nsc(Sc2cc(Br)ccc2N)n1. The highest BCUT2D eigenvalue weighted by molar-refractivity contribution is 9.10. The monoisotopic (exact) mass is 315 g/mol. The lowest BCUT2D eigenvalue weighted by molar-refractivity contribution is 0.971. The fourth-order valence-corrected chi connectivity index (χ4v) is 3.37. The number of hydrogen-bond acceptors (Lipinski definition) is 5. The van der Waals surface area contributed by atoms with Crippen molar-refractivity contribution in [3.8, 4) is 0 Å². The van der Waals surface area contributed by atoms with Gasteiger partial charge in [0.1, 0.15) is 5.82 Å². The van der Waals surface area contributed by atoms with Gasteiger partial charge in [0.25, 0.3) is 0 Å². The van der Waals surface area contributed by atoms with Crippen molar-refractivity contribution in [3.63, 3.8) is 0 Å². The second-order valence-corrected chi connectivity index (χ2v) is 6.07. The number of nitrogens with two attached hydrogens (primary N) is 1. The second kappa shape index (κ2) is 5.16. The molecule has 0 aliphatic rings. The number of nitrogens with zero attached hydrogens (tertiary/aromatic N) is 2. The summed E-state index contributed by atoms with van der Waals surface area (Å²) in [7, 11) is 0. The Kier molecular flexibility index (Phi) is 3.83. The highest BCUT2D eigenvalue weighted by Crippen LogP contribution is 2.34. The molecule has 0 amide bonds. The van der Waals surface area contributed by atoms with Crippen molar-refractivity contribution in [2.24, 2.45) is 0 Å². The minimum absolute atomic E-state index is 0.765. The van der Waals surface area contributed by atoms with Gasteiger partial charge in [-0.05, 0) is 29.7 Å². The van der Waals surface area contributed by atoms with Gasteiger partial charge < -0.3 is 5.73 Å². The van der Waals surface area contributed by atoms with Crippen molar-refractivity contribution in [2.45, 2.75) is 22.6 Å². The van der Waals surface area contributed by atoms with Crippen LogP contribution in [0.2, 0.25) is 0 Å². The largest absolute Gasteiger partial charge is 0.398 e. The van der Waals surface area contributed by atoms with E-state index in [0.29, 0.717) is 0 Å². The molecule has 2 rings (SSSR count). The summed E-state index contributed by atoms with van der Waals surface area (Å²) in [6, 6.07) is 5.80. The summed E-state index contributed by atoms with van der Waals surface area (Å²) in [6.07, 6.45) is 0.866. The average molecular weight is 316 g/mol. The summed E-state index contributed by atoms with van der Waals surface area (Å²) in [4.78, 5) is 5.40. The summed E-state index contributed by atoms with van der Waals surface area (Å²) in [6.45, 7) is 2.05. The third-order valence-corrected chi connectivity index (χ3v) is 4.29. The molecule has 0 aliphatic carbocycles. The fraction of sp³-hybridized carbons (Fsp3) is 0.200. The smallest absolute Gasteiger partial charge is 0.174 e. The lowest BCUT2D eigenvalue weighted by atomic mass is 10.3. The standard InChI is InChI=1S/C10H10BrN3S2/c1-2-9-13-10(16-14-9)15-8-5-6(11)3-4-7(8)12/h3-5H,2,12H2,1H3. The maximum atomic E-state index is 5.89. The number of nitrogen functional groups attached to an aromatic ring is 1. The molecule has 2 N–H and O–H groups in total. The Balaban J connectivity index is 2.22. The van der Waals surface area contributed by atoms with E-state index in [9.17, 15) is 0 Å². The van der Waals surface area contributed by atoms with Crippen molar-refractivity contribution in [3.05, 3.63) is 28.5 Å². The van der Waals surface area contributed by atoms with E-state index < -0.39 is 0 Å². The molecular weight excluding hydrogens is 306 g/mol. The molecule has 1 aromatic carbocycles. The van der Waals surface area contributed by atoms with E-state index in [1.165, 1.54) is 11.5 Å². The Morgan fingerprint density at radius 2 is 2.31 bits per heavy atom. The van der Waals surface area contributed by atoms with E-state index in [1.54, 1.807) is 11.8 Å². The van der Waals surface area contributed by atoms with Gasteiger partial charge in [-0.1, -0.05) is 34.6 Å². The number of hydrogen-bond donors (Lipinski definition) is 1. The van der Waals surface area contributed by atoms with Crippen molar-refractivity contribution >= 4 is 44.9 Å². The Labute approximate surface area is 111 Å². The predicted molar refractivity (Wildman–Crippen MR) is 72.0 cm³/mol. The summed E-state index contributed by atoms with van der Waals surface area (Å²) < 4.78 is 6.19. The molecule has 2 aromatic rings. The summed E-state index contributed by atoms with van der Waals surface area (Å²) in [5.74, 6) is 0.890. The van der Waals surface area contributed by atoms with Gasteiger partial charge in [0.05, 0.1) is 0 Å². The molecule has 0 fully saturated rings. The third-order valence-electron chi connectivity index (χ3n) is 1.94. The zero-order valence-electron chi connectivity index (χ0n) is 8.61. The quantitative estimate of drug-likeness (QED) is 0.879. The van der Waals surface area contributed by atoms with Crippen molar-refractivity contribution < 1.29 is 0 Å². The first-order valence-electron chi connectivity index (χ1n) is 4.74. The minimum Gasteiger partial charge on any atom is -0.398 e. The zero-order valence-corrected chi connectivity index (χ0v) is 11.8. The topological polar surface area (TPSA) is 51.8 Å². The van der Waals surface area contributed by atoms with Gasteiger partial charge in [-0.2, -0.15) is 4.37 Å². The van der Waals surface area contributed by atoms with E-state index in [0.717, 1.165) is 31.6 Å². The highest BCUT2D eigenvalue weighted by Gasteiger charge is 2.07. The molecule has 0 bridgehead atoms. The molecule has 0 atom stereocenters. The van der Waals surface area contributed by atoms with Gasteiger partial charge in [0.15, 0.2) is 4.34 Å². The van der Waals surface area contributed by atoms with Gasteiger partial charge in [-0.15, -0.1) is 0 Å². The van der Waals surface area contributed by atoms with Gasteiger partial charge >= 0.3 is 0 Å². The lowest BCUT2D eigenvalue weighted by Crippen LogP contribution is -1.88. The number of halogens is 1. The molecule has 1 heterocycles. The first-order chi connectivity index (χ1) is 7.69. The Morgan fingerprint density at radius 3 is 3.00 bits per heavy atom. The molecule has 16 heavy (non-hydrogen) atoms. The van der Waals surface area contributed by atoms with Gasteiger partial charge in [-0.3, -0.25) is 0 Å². The molecular formula is C10H10BrN3S2. The molecule has 3 nitrogen and oxygen atoms in total. The number of anilines is 1.